The van der Waals surface area contributed by atoms with E-state index < -0.39 is 15.8 Å². The van der Waals surface area contributed by atoms with Gasteiger partial charge in [0.05, 0.1) is 27.9 Å². The molecule has 99 heavy (non-hydrogen) atoms. The quantitative estimate of drug-likeness (QED) is 0.0488. The molecule has 8 aromatic rings. The molecule has 3 heterocycles. The van der Waals surface area contributed by atoms with Gasteiger partial charge in [0.15, 0.2) is 0 Å². The first-order valence-corrected chi connectivity index (χ1v) is 39.1. The summed E-state index contributed by atoms with van der Waals surface area (Å²) in [5.74, 6) is 1.69. The molecule has 4 fully saturated rings. The van der Waals surface area contributed by atoms with E-state index in [4.69, 9.17) is 34.8 Å². The first-order chi connectivity index (χ1) is 47.2. The zero-order valence-corrected chi connectivity index (χ0v) is 65.2. The molecule has 0 aromatic heterocycles. The molecule has 0 amide bonds. The molecule has 0 N–H and O–H groups in total. The van der Waals surface area contributed by atoms with E-state index in [1.165, 1.54) is 105 Å². The summed E-state index contributed by atoms with van der Waals surface area (Å²) >= 11 is 0. The average Bonchev–Trinajstić information content (AvgIpc) is 1.41. The smallest absolute Gasteiger partial charge is 0.661 e. The van der Waals surface area contributed by atoms with Gasteiger partial charge in [0, 0.05) is 51.1 Å². The van der Waals surface area contributed by atoms with Crippen LogP contribution in [0.25, 0.3) is 10.6 Å². The van der Waals surface area contributed by atoms with E-state index >= 15 is 0 Å². The third-order valence-electron chi connectivity index (χ3n) is 17.4. The van der Waals surface area contributed by atoms with Crippen LogP contribution in [0.15, 0.2) is 252 Å². The van der Waals surface area contributed by atoms with Gasteiger partial charge in [0.25, 0.3) is 0 Å². The van der Waals surface area contributed by atoms with Crippen molar-refractivity contribution >= 4 is 70.5 Å². The van der Waals surface area contributed by atoms with E-state index in [-0.39, 0.29) is 46.2 Å². The van der Waals surface area contributed by atoms with Gasteiger partial charge in [-0.3, -0.25) is 9.98 Å². The Morgan fingerprint density at radius 2 is 0.535 bits per heavy atom. The second-order valence-electron chi connectivity index (χ2n) is 26.8. The number of nitrogens with zero attached hydrogens (tertiary/aromatic N) is 4. The minimum atomic E-state index is -0.877. The predicted octanol–water partition coefficient (Wildman–Crippen LogP) is 21.7. The third-order valence-corrected chi connectivity index (χ3v) is 22.9. The monoisotopic (exact) mass is 1460 g/mol. The normalized spacial score (nSPS) is 16.1. The van der Waals surface area contributed by atoms with Crippen molar-refractivity contribution in [3.05, 3.63) is 275 Å². The number of hydrogen-bond donors (Lipinski definition) is 0. The zero-order valence-electron chi connectivity index (χ0n) is 61.3. The standard InChI is InChI=1S/C40H58N4.2C18H15P.3C4H8O.2Cu/c1-25(2)33-17-15-18-34(26(3)4)39(33)43-31(11)23-29(9)41-37-21-13-14-22-38(37)42-30(10)24-32(12)44-40-35(27(5)6)19-16-20-36(40)28(7)8;2*1-4-10-16(11-5-1)19(17-12-6-2-7-13-17)18-14-8-3-9-15-18;3*1-2-4-5-3-1;;/h15-20,23-28,37-38H,13-14,21-22H2,1-12H3;2*1-15H;3*1-4H2;;/q-2;;;;;;2*+1/p+2/b31-23-,32-24-,41-29?,42-30?;;;;;;;/t37-,38-;;;;;;;/m0......./s1. The maximum Gasteiger partial charge on any atom is 1.00 e. The first kappa shape index (κ1) is 83.6. The molecule has 4 aliphatic rings. The van der Waals surface area contributed by atoms with E-state index in [2.05, 4.69) is 314 Å². The Bertz CT molecular complexity index is 3090. The fourth-order valence-corrected chi connectivity index (χ4v) is 17.6. The van der Waals surface area contributed by atoms with Crippen LogP contribution >= 0.6 is 15.8 Å². The molecule has 534 valence electrons. The zero-order chi connectivity index (χ0) is 69.0. The summed E-state index contributed by atoms with van der Waals surface area (Å²) in [7, 11) is -1.75. The molecule has 0 spiro atoms. The Labute approximate surface area is 621 Å². The van der Waals surface area contributed by atoms with Crippen LogP contribution in [-0.2, 0) is 48.3 Å². The third kappa shape index (κ3) is 29.1. The summed E-state index contributed by atoms with van der Waals surface area (Å²) in [6, 6.07) is 78.6. The summed E-state index contributed by atoms with van der Waals surface area (Å²) in [4.78, 5) is 10.4. The van der Waals surface area contributed by atoms with Crippen molar-refractivity contribution in [2.24, 2.45) is 9.98 Å². The summed E-state index contributed by atoms with van der Waals surface area (Å²) in [5.41, 5.74) is 11.5. The molecule has 3 aliphatic heterocycles. The van der Waals surface area contributed by atoms with Crippen molar-refractivity contribution in [3.8, 4) is 0 Å². The number of ether oxygens (including phenoxy) is 3. The molecule has 2 atom stereocenters. The number of allylic oxidation sites excluding steroid dienone is 4. The Balaban J connectivity index is 0.000000261. The van der Waals surface area contributed by atoms with Crippen LogP contribution in [0.2, 0.25) is 0 Å². The van der Waals surface area contributed by atoms with E-state index in [1.807, 2.05) is 0 Å². The fourth-order valence-electron chi connectivity index (χ4n) is 12.5. The maximum absolute atomic E-state index is 5.21. The molecule has 1 aliphatic carbocycles. The molecule has 0 unspecified atom stereocenters. The second-order valence-corrected chi connectivity index (χ2v) is 31.8. The average molecular weight is 1460 g/mol. The van der Waals surface area contributed by atoms with Gasteiger partial charge in [-0.1, -0.05) is 262 Å². The van der Waals surface area contributed by atoms with Crippen molar-refractivity contribution in [1.29, 1.82) is 0 Å². The molecule has 1 saturated carbocycles. The minimum absolute atomic E-state index is 0. The van der Waals surface area contributed by atoms with Crippen molar-refractivity contribution in [3.63, 3.8) is 0 Å². The van der Waals surface area contributed by atoms with E-state index in [9.17, 15) is 0 Å². The van der Waals surface area contributed by atoms with Crippen molar-refractivity contribution in [1.82, 2.24) is 0 Å². The Morgan fingerprint density at radius 3 is 0.717 bits per heavy atom. The van der Waals surface area contributed by atoms with Gasteiger partial charge in [-0.15, -0.1) is 11.4 Å². The van der Waals surface area contributed by atoms with Crippen LogP contribution in [0, 0.1) is 0 Å². The second kappa shape index (κ2) is 47.2. The summed E-state index contributed by atoms with van der Waals surface area (Å²) in [6.07, 6.45) is 16.5. The summed E-state index contributed by atoms with van der Waals surface area (Å²) < 4.78 is 14.8. The van der Waals surface area contributed by atoms with Crippen LogP contribution in [0.4, 0.5) is 11.4 Å². The maximum atomic E-state index is 5.21. The minimum Gasteiger partial charge on any atom is -0.661 e. The van der Waals surface area contributed by atoms with E-state index in [1.54, 1.807) is 0 Å². The number of para-hydroxylation sites is 2. The van der Waals surface area contributed by atoms with Crippen LogP contribution in [0.3, 0.4) is 0 Å². The topological polar surface area (TPSA) is 80.6 Å². The van der Waals surface area contributed by atoms with Gasteiger partial charge in [-0.2, -0.15) is 11.4 Å². The van der Waals surface area contributed by atoms with E-state index in [0.717, 1.165) is 86.7 Å². The molecule has 0 radical (unpaired) electrons. The molecule has 3 saturated heterocycles. The van der Waals surface area contributed by atoms with Crippen LogP contribution in [-0.4, -0.2) is 63.1 Å². The predicted molar refractivity (Wildman–Crippen MR) is 428 cm³/mol. The van der Waals surface area contributed by atoms with Gasteiger partial charge in [-0.25, -0.2) is 0 Å². The molecular formula is C88H114Cu2N4O3P2+2. The molecule has 8 aromatic carbocycles. The summed E-state index contributed by atoms with van der Waals surface area (Å²) in [5, 5.41) is 18.9. The van der Waals surface area contributed by atoms with Gasteiger partial charge >= 0.3 is 34.1 Å². The Morgan fingerprint density at radius 1 is 0.323 bits per heavy atom. The number of benzene rings is 8. The van der Waals surface area contributed by atoms with Crippen LogP contribution < -0.4 is 31.8 Å². The van der Waals surface area contributed by atoms with Crippen LogP contribution in [0.1, 0.15) is 193 Å². The first-order valence-electron chi connectivity index (χ1n) is 36.1. The van der Waals surface area contributed by atoms with Gasteiger partial charge in [0.1, 0.15) is 31.8 Å². The molecule has 12 rings (SSSR count). The van der Waals surface area contributed by atoms with Crippen molar-refractivity contribution in [2.75, 3.05) is 39.6 Å². The van der Waals surface area contributed by atoms with E-state index in [0.29, 0.717) is 23.7 Å². The molecule has 0 bridgehead atoms. The molecule has 7 nitrogen and oxygen atoms in total. The van der Waals surface area contributed by atoms with Crippen LogP contribution in [0.5, 0.6) is 0 Å². The Kier molecular flexibility index (Phi) is 39.9. The fraction of sp³-hybridized carbons (Fsp3) is 0.386. The SMILES string of the molecule is C1CCOC1.C1CCOC1.C1CCOC1.CC(/C=C(/C)[N-]c1c(C(C)C)cccc1C(C)C)=N[C@H]1CCCC[C@@H]1N=C(C)/C=C(/C)[N-]c1c(C(C)C)cccc1C(C)C.[Cu+].[Cu+].c1ccc([PH+](c2ccccc2)c2ccccc2)cc1.c1ccc([PH+](c2ccccc2)c2ccccc2)cc1. The summed E-state index contributed by atoms with van der Waals surface area (Å²) in [6.45, 7) is 32.4. The van der Waals surface area contributed by atoms with Gasteiger partial charge < -0.3 is 24.8 Å². The molecular weight excluding hydrogens is 1350 g/mol. The van der Waals surface area contributed by atoms with Gasteiger partial charge in [0.2, 0.25) is 0 Å². The number of rotatable bonds is 18. The van der Waals surface area contributed by atoms with Gasteiger partial charge in [-0.05, 0) is 162 Å². The Hall–Kier alpha value is -6.04. The molecule has 11 heteroatoms. The van der Waals surface area contributed by atoms with Crippen molar-refractivity contribution < 1.29 is 48.3 Å². The number of hydrogen-bond acceptors (Lipinski definition) is 5. The number of aliphatic imine (C=N–C) groups is 2. The largest absolute Gasteiger partial charge is 1.00 e. The van der Waals surface area contributed by atoms with Crippen molar-refractivity contribution in [2.45, 2.75) is 183 Å².